The van der Waals surface area contributed by atoms with Gasteiger partial charge in [-0.1, -0.05) is 70.6 Å². The fourth-order valence-electron chi connectivity index (χ4n) is 2.59. The molecule has 5 nitrogen and oxygen atoms in total. The summed E-state index contributed by atoms with van der Waals surface area (Å²) < 4.78 is 14.9. The lowest BCUT2D eigenvalue weighted by Gasteiger charge is -2.18. The van der Waals surface area contributed by atoms with Crippen molar-refractivity contribution in [3.63, 3.8) is 0 Å². The number of benzene rings is 1. The third kappa shape index (κ3) is 14.0. The van der Waals surface area contributed by atoms with Crippen LogP contribution in [0.5, 0.6) is 5.75 Å². The Morgan fingerprint density at radius 3 is 2.20 bits per heavy atom. The van der Waals surface area contributed by atoms with Crippen LogP contribution in [-0.2, 0) is 11.0 Å². The fourth-order valence-corrected chi connectivity index (χ4v) is 2.59. The van der Waals surface area contributed by atoms with Crippen LogP contribution in [0.4, 0.5) is 0 Å². The Morgan fingerprint density at radius 1 is 1.08 bits per heavy atom. The van der Waals surface area contributed by atoms with E-state index in [1.165, 1.54) is 49.7 Å². The average molecular weight is 374 g/mol. The van der Waals surface area contributed by atoms with Gasteiger partial charge in [-0.05, 0) is 37.3 Å². The highest BCUT2D eigenvalue weighted by Crippen LogP contribution is 2.27. The Morgan fingerprint density at radius 2 is 1.68 bits per heavy atom. The summed E-state index contributed by atoms with van der Waals surface area (Å²) in [6, 6.07) is 6.64. The van der Waals surface area contributed by atoms with Gasteiger partial charge in [-0.3, -0.25) is 0 Å². The molecule has 1 aromatic rings. The van der Waals surface area contributed by atoms with E-state index in [-0.39, 0.29) is 0 Å². The minimum Gasteiger partial charge on any atom is -0.493 e. The van der Waals surface area contributed by atoms with Crippen LogP contribution in [0.15, 0.2) is 18.2 Å². The molecule has 0 aromatic heterocycles. The number of hydrogen-bond donors (Lipinski definition) is 3. The van der Waals surface area contributed by atoms with Gasteiger partial charge < -0.3 is 19.4 Å². The molecule has 0 aliphatic carbocycles. The van der Waals surface area contributed by atoms with Crippen molar-refractivity contribution in [1.82, 2.24) is 0 Å². The molecular weight excluding hydrogens is 339 g/mol. The summed E-state index contributed by atoms with van der Waals surface area (Å²) in [5.41, 5.74) is 2.75. The molecule has 0 heterocycles. The normalized spacial score (nSPS) is 12.3. The summed E-state index contributed by atoms with van der Waals surface area (Å²) >= 11 is 0. The first kappa shape index (κ1) is 24.1. The zero-order valence-electron chi connectivity index (χ0n) is 16.1. The minimum atomic E-state index is -4.64. The van der Waals surface area contributed by atoms with E-state index in [2.05, 4.69) is 45.9 Å². The van der Waals surface area contributed by atoms with Crippen LogP contribution in [0, 0.1) is 12.8 Å². The van der Waals surface area contributed by atoms with Crippen molar-refractivity contribution in [2.24, 2.45) is 5.92 Å². The van der Waals surface area contributed by atoms with E-state index in [1.807, 2.05) is 0 Å². The summed E-state index contributed by atoms with van der Waals surface area (Å²) in [7, 11) is -4.64. The first-order valence-electron chi connectivity index (χ1n) is 9.21. The predicted molar refractivity (Wildman–Crippen MR) is 103 cm³/mol. The predicted octanol–water partition coefficient (Wildman–Crippen LogP) is 5.00. The summed E-state index contributed by atoms with van der Waals surface area (Å²) in [6.45, 7) is 9.81. The van der Waals surface area contributed by atoms with Gasteiger partial charge in [-0.2, -0.15) is 0 Å². The van der Waals surface area contributed by atoms with Crippen molar-refractivity contribution in [2.45, 2.75) is 72.6 Å². The van der Waals surface area contributed by atoms with E-state index in [1.54, 1.807) is 0 Å². The maximum Gasteiger partial charge on any atom is 0.466 e. The molecule has 0 fully saturated rings. The Labute approximate surface area is 152 Å². The molecule has 0 bridgehead atoms. The molecule has 25 heavy (non-hydrogen) atoms. The van der Waals surface area contributed by atoms with E-state index >= 15 is 0 Å². The number of hydrogen-bond acceptors (Lipinski definition) is 2. The Hall–Kier alpha value is -0.870. The van der Waals surface area contributed by atoms with E-state index < -0.39 is 7.82 Å². The molecule has 0 saturated carbocycles. The monoisotopic (exact) mass is 374 g/mol. The van der Waals surface area contributed by atoms with Crippen LogP contribution in [0.25, 0.3) is 0 Å². The van der Waals surface area contributed by atoms with Gasteiger partial charge in [0.05, 0.1) is 6.61 Å². The Bertz CT molecular complexity index is 504. The van der Waals surface area contributed by atoms with Crippen molar-refractivity contribution in [1.29, 1.82) is 0 Å². The third-order valence-corrected chi connectivity index (χ3v) is 4.02. The average Bonchev–Trinajstić information content (AvgIpc) is 2.52. The van der Waals surface area contributed by atoms with Gasteiger partial charge in [0.15, 0.2) is 0 Å². The fraction of sp³-hybridized carbons (Fsp3) is 0.684. The van der Waals surface area contributed by atoms with Crippen molar-refractivity contribution >= 4 is 7.82 Å². The zero-order valence-corrected chi connectivity index (χ0v) is 17.0. The molecule has 0 radical (unpaired) electrons. The Kier molecular flexibility index (Phi) is 12.9. The first-order valence-corrected chi connectivity index (χ1v) is 10.8. The van der Waals surface area contributed by atoms with Gasteiger partial charge in [0.2, 0.25) is 0 Å². The summed E-state index contributed by atoms with van der Waals surface area (Å²) in [5.74, 6) is 1.91. The molecular formula is C19H35O5P. The molecule has 1 unspecified atom stereocenters. The number of rotatable bonds is 10. The lowest BCUT2D eigenvalue weighted by atomic mass is 9.91. The quantitative estimate of drug-likeness (QED) is 0.396. The molecule has 6 heteroatoms. The summed E-state index contributed by atoms with van der Waals surface area (Å²) in [6.07, 6.45) is 8.74. The molecule has 0 saturated heterocycles. The van der Waals surface area contributed by atoms with Gasteiger partial charge in [-0.15, -0.1) is 0 Å². The lowest BCUT2D eigenvalue weighted by Crippen LogP contribution is -2.07. The number of unbranched alkanes of at least 4 members (excludes halogenated alkanes) is 2. The van der Waals surface area contributed by atoms with E-state index in [0.29, 0.717) is 0 Å². The molecule has 3 N–H and O–H groups in total. The maximum absolute atomic E-state index is 8.88. The van der Waals surface area contributed by atoms with Crippen molar-refractivity contribution in [2.75, 3.05) is 6.61 Å². The molecule has 146 valence electrons. The maximum atomic E-state index is 8.88. The van der Waals surface area contributed by atoms with Crippen molar-refractivity contribution in [3.05, 3.63) is 29.3 Å². The molecule has 1 atom stereocenters. The summed E-state index contributed by atoms with van der Waals surface area (Å²) in [4.78, 5) is 21.6. The highest BCUT2D eigenvalue weighted by molar-refractivity contribution is 7.45. The lowest BCUT2D eigenvalue weighted by molar-refractivity contribution is 0.275. The topological polar surface area (TPSA) is 87.0 Å². The minimum absolute atomic E-state index is 0.797. The Balaban J connectivity index is 0.00000101. The van der Waals surface area contributed by atoms with E-state index in [9.17, 15) is 0 Å². The number of phosphoric acid groups is 1. The van der Waals surface area contributed by atoms with Gasteiger partial charge in [0.1, 0.15) is 5.75 Å². The third-order valence-electron chi connectivity index (χ3n) is 4.02. The first-order chi connectivity index (χ1) is 11.7. The second-order valence-corrected chi connectivity index (χ2v) is 7.47. The second kappa shape index (κ2) is 13.3. The van der Waals surface area contributed by atoms with Crippen LogP contribution >= 0.6 is 7.82 Å². The van der Waals surface area contributed by atoms with Crippen LogP contribution in [-0.4, -0.2) is 21.3 Å². The molecule has 0 aliphatic rings. The molecule has 1 aromatic carbocycles. The molecule has 0 spiro atoms. The molecule has 1 rings (SSSR count). The molecule has 0 amide bonds. The number of ether oxygens (including phenoxy) is 1. The highest BCUT2D eigenvalue weighted by Gasteiger charge is 2.11. The van der Waals surface area contributed by atoms with Crippen LogP contribution in [0.1, 0.15) is 70.4 Å². The van der Waals surface area contributed by atoms with Crippen LogP contribution in [0.3, 0.4) is 0 Å². The zero-order chi connectivity index (χ0) is 19.3. The van der Waals surface area contributed by atoms with E-state index in [4.69, 9.17) is 24.0 Å². The van der Waals surface area contributed by atoms with Gasteiger partial charge in [0, 0.05) is 0 Å². The largest absolute Gasteiger partial charge is 0.493 e. The standard InChI is InChI=1S/C19H32O.H3O4P/c1-5-8-10-17(7-3)15-18-14-16(4)11-12-19(18)20-13-9-6-2;1-5(2,3)4/h11-12,14,17H,5-10,13,15H2,1-4H3;(H3,1,2,3,4). The van der Waals surface area contributed by atoms with E-state index in [0.717, 1.165) is 24.7 Å². The SMILES string of the molecule is CCCCOc1ccc(C)cc1CC(CC)CCCC.O=P(O)(O)O. The highest BCUT2D eigenvalue weighted by atomic mass is 31.2. The van der Waals surface area contributed by atoms with Gasteiger partial charge in [0.25, 0.3) is 0 Å². The van der Waals surface area contributed by atoms with Crippen LogP contribution in [0.2, 0.25) is 0 Å². The molecule has 0 aliphatic heterocycles. The van der Waals surface area contributed by atoms with Crippen molar-refractivity contribution in [3.8, 4) is 5.75 Å². The van der Waals surface area contributed by atoms with Gasteiger partial charge >= 0.3 is 7.82 Å². The van der Waals surface area contributed by atoms with Crippen molar-refractivity contribution < 1.29 is 24.0 Å². The number of aryl methyl sites for hydroxylation is 1. The van der Waals surface area contributed by atoms with Gasteiger partial charge in [-0.25, -0.2) is 4.57 Å². The second-order valence-electron chi connectivity index (χ2n) is 6.45. The van der Waals surface area contributed by atoms with Crippen LogP contribution < -0.4 is 4.74 Å². The smallest absolute Gasteiger partial charge is 0.466 e. The summed E-state index contributed by atoms with van der Waals surface area (Å²) in [5, 5.41) is 0.